The van der Waals surface area contributed by atoms with Crippen molar-refractivity contribution in [3.8, 4) is 5.75 Å². The minimum atomic E-state index is -0.266. The van der Waals surface area contributed by atoms with E-state index in [0.29, 0.717) is 18.3 Å². The van der Waals surface area contributed by atoms with Gasteiger partial charge in [0, 0.05) is 0 Å². The Bertz CT molecular complexity index is 361. The van der Waals surface area contributed by atoms with E-state index < -0.39 is 0 Å². The molecule has 1 unspecified atom stereocenters. The molecule has 0 spiro atoms. The van der Waals surface area contributed by atoms with E-state index in [4.69, 9.17) is 4.74 Å². The van der Waals surface area contributed by atoms with Crippen molar-refractivity contribution in [2.45, 2.75) is 26.2 Å². The lowest BCUT2D eigenvalue weighted by Gasteiger charge is -2.22. The van der Waals surface area contributed by atoms with Gasteiger partial charge in [-0.25, -0.2) is 4.39 Å². The van der Waals surface area contributed by atoms with Crippen LogP contribution in [0, 0.1) is 18.7 Å². The maximum Gasteiger partial charge on any atom is 0.165 e. The van der Waals surface area contributed by atoms with Gasteiger partial charge in [-0.3, -0.25) is 0 Å². The third-order valence-electron chi connectivity index (χ3n) is 3.27. The van der Waals surface area contributed by atoms with Crippen molar-refractivity contribution < 1.29 is 9.13 Å². The van der Waals surface area contributed by atoms with Crippen molar-refractivity contribution in [1.29, 1.82) is 0 Å². The fraction of sp³-hybridized carbons (Fsp3) is 0.571. The first-order valence-corrected chi connectivity index (χ1v) is 6.35. The highest BCUT2D eigenvalue weighted by Gasteiger charge is 2.13. The number of hydrogen-bond donors (Lipinski definition) is 1. The fourth-order valence-electron chi connectivity index (χ4n) is 2.23. The Morgan fingerprint density at radius 2 is 2.35 bits per heavy atom. The minimum Gasteiger partial charge on any atom is -0.490 e. The van der Waals surface area contributed by atoms with E-state index in [1.54, 1.807) is 12.1 Å². The Morgan fingerprint density at radius 3 is 3.12 bits per heavy atom. The van der Waals surface area contributed by atoms with E-state index in [9.17, 15) is 4.39 Å². The summed E-state index contributed by atoms with van der Waals surface area (Å²) < 4.78 is 18.9. The monoisotopic (exact) mass is 237 g/mol. The zero-order valence-electron chi connectivity index (χ0n) is 10.3. The predicted octanol–water partition coefficient (Wildman–Crippen LogP) is 2.90. The molecule has 1 N–H and O–H groups in total. The van der Waals surface area contributed by atoms with Crippen molar-refractivity contribution in [2.24, 2.45) is 5.92 Å². The highest BCUT2D eigenvalue weighted by Crippen LogP contribution is 2.20. The van der Waals surface area contributed by atoms with Gasteiger partial charge in [0.2, 0.25) is 0 Å². The highest BCUT2D eigenvalue weighted by atomic mass is 19.1. The van der Waals surface area contributed by atoms with E-state index in [2.05, 4.69) is 5.32 Å². The van der Waals surface area contributed by atoms with Crippen LogP contribution >= 0.6 is 0 Å². The first-order chi connectivity index (χ1) is 8.25. The Balaban J connectivity index is 1.79. The molecule has 0 radical (unpaired) electrons. The van der Waals surface area contributed by atoms with Gasteiger partial charge in [0.05, 0.1) is 6.61 Å². The molecule has 17 heavy (non-hydrogen) atoms. The molecule has 94 valence electrons. The molecular weight excluding hydrogens is 217 g/mol. The SMILES string of the molecule is Cc1ccc(F)c(OCCC2CCCNC2)c1. The van der Waals surface area contributed by atoms with Gasteiger partial charge in [0.15, 0.2) is 11.6 Å². The molecule has 0 bridgehead atoms. The second kappa shape index (κ2) is 6.01. The number of rotatable bonds is 4. The molecule has 1 aromatic rings. The van der Waals surface area contributed by atoms with Crippen LogP contribution in [-0.4, -0.2) is 19.7 Å². The first kappa shape index (κ1) is 12.4. The van der Waals surface area contributed by atoms with Crippen LogP contribution in [-0.2, 0) is 0 Å². The van der Waals surface area contributed by atoms with Crippen LogP contribution in [0.15, 0.2) is 18.2 Å². The van der Waals surface area contributed by atoms with Crippen LogP contribution in [0.1, 0.15) is 24.8 Å². The maximum absolute atomic E-state index is 13.4. The average Bonchev–Trinajstić information content (AvgIpc) is 2.35. The smallest absolute Gasteiger partial charge is 0.165 e. The largest absolute Gasteiger partial charge is 0.490 e. The number of piperidine rings is 1. The van der Waals surface area contributed by atoms with Crippen LogP contribution in [0.25, 0.3) is 0 Å². The molecule has 1 fully saturated rings. The summed E-state index contributed by atoms with van der Waals surface area (Å²) in [6, 6.07) is 4.98. The molecule has 1 heterocycles. The summed E-state index contributed by atoms with van der Waals surface area (Å²) in [6.45, 7) is 4.74. The lowest BCUT2D eigenvalue weighted by molar-refractivity contribution is 0.246. The molecule has 2 rings (SSSR count). The van der Waals surface area contributed by atoms with Crippen LogP contribution < -0.4 is 10.1 Å². The summed E-state index contributed by atoms with van der Waals surface area (Å²) in [6.07, 6.45) is 3.50. The number of benzene rings is 1. The molecule has 2 nitrogen and oxygen atoms in total. The molecular formula is C14H20FNO. The quantitative estimate of drug-likeness (QED) is 0.869. The lowest BCUT2D eigenvalue weighted by atomic mass is 9.97. The molecule has 0 amide bonds. The van der Waals surface area contributed by atoms with E-state index in [1.165, 1.54) is 18.9 Å². The number of halogens is 1. The van der Waals surface area contributed by atoms with E-state index in [0.717, 1.165) is 25.1 Å². The molecule has 1 aliphatic rings. The van der Waals surface area contributed by atoms with Crippen molar-refractivity contribution in [3.05, 3.63) is 29.6 Å². The highest BCUT2D eigenvalue weighted by molar-refractivity contribution is 5.29. The Morgan fingerprint density at radius 1 is 1.47 bits per heavy atom. The van der Waals surface area contributed by atoms with Crippen LogP contribution in [0.3, 0.4) is 0 Å². The minimum absolute atomic E-state index is 0.266. The number of aryl methyl sites for hydroxylation is 1. The van der Waals surface area contributed by atoms with Crippen molar-refractivity contribution in [3.63, 3.8) is 0 Å². The molecule has 0 aliphatic carbocycles. The third kappa shape index (κ3) is 3.70. The van der Waals surface area contributed by atoms with Crippen LogP contribution in [0.5, 0.6) is 5.75 Å². The Hall–Kier alpha value is -1.09. The van der Waals surface area contributed by atoms with Crippen molar-refractivity contribution in [1.82, 2.24) is 5.32 Å². The second-order valence-corrected chi connectivity index (χ2v) is 4.78. The van der Waals surface area contributed by atoms with Gasteiger partial charge >= 0.3 is 0 Å². The molecule has 1 aromatic carbocycles. The van der Waals surface area contributed by atoms with Gasteiger partial charge in [0.25, 0.3) is 0 Å². The standard InChI is InChI=1S/C14H20FNO/c1-11-4-5-13(15)14(9-11)17-8-6-12-3-2-7-16-10-12/h4-5,9,12,16H,2-3,6-8,10H2,1H3. The summed E-state index contributed by atoms with van der Waals surface area (Å²) in [5, 5.41) is 3.37. The van der Waals surface area contributed by atoms with Crippen molar-refractivity contribution in [2.75, 3.05) is 19.7 Å². The van der Waals surface area contributed by atoms with Gasteiger partial charge in [-0.1, -0.05) is 6.07 Å². The Kier molecular flexibility index (Phi) is 4.37. The Labute approximate surface area is 102 Å². The third-order valence-corrected chi connectivity index (χ3v) is 3.27. The van der Waals surface area contributed by atoms with Gasteiger partial charge in [-0.05, 0) is 62.9 Å². The number of hydrogen-bond acceptors (Lipinski definition) is 2. The molecule has 0 saturated carbocycles. The summed E-state index contributed by atoms with van der Waals surface area (Å²) in [4.78, 5) is 0. The summed E-state index contributed by atoms with van der Waals surface area (Å²) in [7, 11) is 0. The van der Waals surface area contributed by atoms with Crippen molar-refractivity contribution >= 4 is 0 Å². The van der Waals surface area contributed by atoms with Gasteiger partial charge in [-0.2, -0.15) is 0 Å². The van der Waals surface area contributed by atoms with E-state index in [1.807, 2.05) is 6.92 Å². The van der Waals surface area contributed by atoms with Crippen LogP contribution in [0.2, 0.25) is 0 Å². The molecule has 1 aliphatic heterocycles. The molecule has 1 atom stereocenters. The lowest BCUT2D eigenvalue weighted by Crippen LogP contribution is -2.30. The van der Waals surface area contributed by atoms with Crippen LogP contribution in [0.4, 0.5) is 4.39 Å². The second-order valence-electron chi connectivity index (χ2n) is 4.78. The summed E-state index contributed by atoms with van der Waals surface area (Å²) in [5.41, 5.74) is 1.03. The predicted molar refractivity (Wildman–Crippen MR) is 66.8 cm³/mol. The topological polar surface area (TPSA) is 21.3 Å². The average molecular weight is 237 g/mol. The summed E-state index contributed by atoms with van der Waals surface area (Å²) >= 11 is 0. The maximum atomic E-state index is 13.4. The first-order valence-electron chi connectivity index (χ1n) is 6.35. The van der Waals surface area contributed by atoms with E-state index >= 15 is 0 Å². The fourth-order valence-corrected chi connectivity index (χ4v) is 2.23. The van der Waals surface area contributed by atoms with Gasteiger partial charge in [0.1, 0.15) is 0 Å². The summed E-state index contributed by atoms with van der Waals surface area (Å²) in [5.74, 6) is 0.794. The normalized spacial score (nSPS) is 20.2. The van der Waals surface area contributed by atoms with E-state index in [-0.39, 0.29) is 5.82 Å². The molecule has 0 aromatic heterocycles. The molecule has 3 heteroatoms. The zero-order valence-corrected chi connectivity index (χ0v) is 10.3. The number of ether oxygens (including phenoxy) is 1. The van der Waals surface area contributed by atoms with Gasteiger partial charge < -0.3 is 10.1 Å². The van der Waals surface area contributed by atoms with Gasteiger partial charge in [-0.15, -0.1) is 0 Å². The molecule has 1 saturated heterocycles. The number of nitrogens with one attached hydrogen (secondary N) is 1. The zero-order chi connectivity index (χ0) is 12.1.